The second-order valence-electron chi connectivity index (χ2n) is 5.39. The van der Waals surface area contributed by atoms with E-state index in [0.717, 1.165) is 25.7 Å². The lowest BCUT2D eigenvalue weighted by molar-refractivity contribution is -0.383. The van der Waals surface area contributed by atoms with Crippen molar-refractivity contribution in [2.45, 2.75) is 37.8 Å². The number of ether oxygens (including phenoxy) is 1. The van der Waals surface area contributed by atoms with Gasteiger partial charge in [0.05, 0.1) is 16.4 Å². The number of nitrogens with two attached hydrogens (primary N) is 1. The molecule has 1 heterocycles. The van der Waals surface area contributed by atoms with Crippen molar-refractivity contribution in [1.29, 1.82) is 0 Å². The number of pyridine rings is 1. The Morgan fingerprint density at radius 2 is 2.00 bits per heavy atom. The highest BCUT2D eigenvalue weighted by Gasteiger charge is 2.22. The standard InChI is InChI=1S/C15H17N3O3/c16-10-3-5-11(6-4-10)21-14-8-7-13(18(19)20)12-2-1-9-17-15(12)14/h1-2,7-11H,3-6,16H2. The molecule has 0 spiro atoms. The van der Waals surface area contributed by atoms with Gasteiger partial charge >= 0.3 is 0 Å². The van der Waals surface area contributed by atoms with Crippen molar-refractivity contribution in [2.24, 2.45) is 5.73 Å². The van der Waals surface area contributed by atoms with Gasteiger partial charge in [-0.25, -0.2) is 0 Å². The van der Waals surface area contributed by atoms with Gasteiger partial charge < -0.3 is 10.5 Å². The molecule has 1 aromatic carbocycles. The first-order valence-electron chi connectivity index (χ1n) is 7.09. The monoisotopic (exact) mass is 287 g/mol. The topological polar surface area (TPSA) is 91.3 Å². The van der Waals surface area contributed by atoms with Crippen LogP contribution >= 0.6 is 0 Å². The number of hydrogen-bond donors (Lipinski definition) is 1. The fourth-order valence-corrected chi connectivity index (χ4v) is 2.77. The van der Waals surface area contributed by atoms with E-state index >= 15 is 0 Å². The van der Waals surface area contributed by atoms with Crippen molar-refractivity contribution in [3.63, 3.8) is 0 Å². The van der Waals surface area contributed by atoms with Crippen LogP contribution in [0.2, 0.25) is 0 Å². The van der Waals surface area contributed by atoms with Gasteiger partial charge in [0.25, 0.3) is 5.69 Å². The maximum atomic E-state index is 11.1. The molecule has 21 heavy (non-hydrogen) atoms. The average Bonchev–Trinajstić information content (AvgIpc) is 2.49. The minimum atomic E-state index is -0.395. The van der Waals surface area contributed by atoms with Crippen LogP contribution in [-0.2, 0) is 0 Å². The molecule has 1 aliphatic carbocycles. The van der Waals surface area contributed by atoms with Crippen LogP contribution in [0, 0.1) is 10.1 Å². The largest absolute Gasteiger partial charge is 0.488 e. The third kappa shape index (κ3) is 2.80. The van der Waals surface area contributed by atoms with Gasteiger partial charge in [0.2, 0.25) is 0 Å². The second-order valence-corrected chi connectivity index (χ2v) is 5.39. The summed E-state index contributed by atoms with van der Waals surface area (Å²) in [5.74, 6) is 0.608. The van der Waals surface area contributed by atoms with Crippen LogP contribution in [-0.4, -0.2) is 22.1 Å². The number of fused-ring (bicyclic) bond motifs is 1. The summed E-state index contributed by atoms with van der Waals surface area (Å²) < 4.78 is 6.01. The molecule has 6 heteroatoms. The highest BCUT2D eigenvalue weighted by molar-refractivity contribution is 5.92. The molecule has 1 fully saturated rings. The zero-order valence-electron chi connectivity index (χ0n) is 11.6. The van der Waals surface area contributed by atoms with Crippen molar-refractivity contribution < 1.29 is 9.66 Å². The van der Waals surface area contributed by atoms with Crippen LogP contribution in [0.15, 0.2) is 30.5 Å². The number of aromatic nitrogens is 1. The molecule has 0 aliphatic heterocycles. The van der Waals surface area contributed by atoms with E-state index in [2.05, 4.69) is 4.98 Å². The van der Waals surface area contributed by atoms with Gasteiger partial charge in [-0.2, -0.15) is 0 Å². The molecule has 0 saturated heterocycles. The smallest absolute Gasteiger partial charge is 0.279 e. The van der Waals surface area contributed by atoms with Crippen molar-refractivity contribution in [1.82, 2.24) is 4.98 Å². The van der Waals surface area contributed by atoms with Crippen molar-refractivity contribution in [3.05, 3.63) is 40.6 Å². The van der Waals surface area contributed by atoms with Crippen molar-refractivity contribution in [2.75, 3.05) is 0 Å². The molecule has 0 bridgehead atoms. The van der Waals surface area contributed by atoms with Crippen LogP contribution in [0.3, 0.4) is 0 Å². The average molecular weight is 287 g/mol. The number of hydrogen-bond acceptors (Lipinski definition) is 5. The zero-order chi connectivity index (χ0) is 14.8. The predicted octanol–water partition coefficient (Wildman–Crippen LogP) is 2.79. The van der Waals surface area contributed by atoms with E-state index in [1.165, 1.54) is 6.07 Å². The molecule has 1 aromatic heterocycles. The quantitative estimate of drug-likeness (QED) is 0.692. The molecule has 0 radical (unpaired) electrons. The van der Waals surface area contributed by atoms with Gasteiger partial charge in [0.15, 0.2) is 0 Å². The van der Waals surface area contributed by atoms with E-state index in [-0.39, 0.29) is 17.8 Å². The molecule has 0 unspecified atom stereocenters. The molecular weight excluding hydrogens is 270 g/mol. The third-order valence-electron chi connectivity index (χ3n) is 3.92. The molecular formula is C15H17N3O3. The highest BCUT2D eigenvalue weighted by Crippen LogP contribution is 2.33. The number of nitrogens with zero attached hydrogens (tertiary/aromatic N) is 2. The van der Waals surface area contributed by atoms with Crippen molar-refractivity contribution in [3.8, 4) is 5.75 Å². The number of benzene rings is 1. The number of non-ortho nitro benzene ring substituents is 1. The molecule has 6 nitrogen and oxygen atoms in total. The summed E-state index contributed by atoms with van der Waals surface area (Å²) in [4.78, 5) is 14.9. The summed E-state index contributed by atoms with van der Waals surface area (Å²) in [5.41, 5.74) is 6.49. The van der Waals surface area contributed by atoms with Gasteiger partial charge in [-0.05, 0) is 43.9 Å². The highest BCUT2D eigenvalue weighted by atomic mass is 16.6. The first kappa shape index (κ1) is 13.8. The SMILES string of the molecule is NC1CCC(Oc2ccc([N+](=O)[O-])c3cccnc23)CC1. The Hall–Kier alpha value is -2.21. The Morgan fingerprint density at radius 3 is 2.71 bits per heavy atom. The molecule has 0 amide bonds. The van der Waals surface area contributed by atoms with E-state index in [1.807, 2.05) is 0 Å². The molecule has 3 rings (SSSR count). The lowest BCUT2D eigenvalue weighted by Crippen LogP contribution is -2.31. The van der Waals surface area contributed by atoms with Crippen LogP contribution in [0.25, 0.3) is 10.9 Å². The van der Waals surface area contributed by atoms with Crippen LogP contribution < -0.4 is 10.5 Å². The number of rotatable bonds is 3. The van der Waals surface area contributed by atoms with Gasteiger partial charge in [-0.15, -0.1) is 0 Å². The minimum absolute atomic E-state index is 0.0520. The summed E-state index contributed by atoms with van der Waals surface area (Å²) in [6.07, 6.45) is 5.44. The zero-order valence-corrected chi connectivity index (χ0v) is 11.6. The summed E-state index contributed by atoms with van der Waals surface area (Å²) in [6.45, 7) is 0. The normalized spacial score (nSPS) is 22.1. The summed E-state index contributed by atoms with van der Waals surface area (Å²) in [5, 5.41) is 11.6. The fraction of sp³-hybridized carbons (Fsp3) is 0.400. The molecule has 1 saturated carbocycles. The Morgan fingerprint density at radius 1 is 1.24 bits per heavy atom. The number of nitro groups is 1. The maximum Gasteiger partial charge on any atom is 0.279 e. The molecule has 0 atom stereocenters. The Balaban J connectivity index is 1.93. The van der Waals surface area contributed by atoms with Gasteiger partial charge in [-0.1, -0.05) is 0 Å². The Labute approximate surface area is 122 Å². The van der Waals surface area contributed by atoms with E-state index in [1.54, 1.807) is 24.4 Å². The van der Waals surface area contributed by atoms with Crippen LogP contribution in [0.4, 0.5) is 5.69 Å². The lowest BCUT2D eigenvalue weighted by atomic mass is 9.94. The minimum Gasteiger partial charge on any atom is -0.488 e. The third-order valence-corrected chi connectivity index (χ3v) is 3.92. The van der Waals surface area contributed by atoms with E-state index in [0.29, 0.717) is 16.7 Å². The summed E-state index contributed by atoms with van der Waals surface area (Å²) in [7, 11) is 0. The Kier molecular flexibility index (Phi) is 3.70. The molecule has 110 valence electrons. The molecule has 2 N–H and O–H groups in total. The first-order valence-corrected chi connectivity index (χ1v) is 7.09. The Bertz CT molecular complexity index is 666. The summed E-state index contributed by atoms with van der Waals surface area (Å²) in [6, 6.07) is 6.77. The fourth-order valence-electron chi connectivity index (χ4n) is 2.77. The van der Waals surface area contributed by atoms with Crippen molar-refractivity contribution >= 4 is 16.6 Å². The van der Waals surface area contributed by atoms with Gasteiger partial charge in [0, 0.05) is 18.3 Å². The van der Waals surface area contributed by atoms with E-state index < -0.39 is 4.92 Å². The predicted molar refractivity (Wildman–Crippen MR) is 79.3 cm³/mol. The lowest BCUT2D eigenvalue weighted by Gasteiger charge is -2.27. The van der Waals surface area contributed by atoms with Gasteiger partial charge in [0.1, 0.15) is 11.3 Å². The number of nitro benzene ring substituents is 1. The molecule has 1 aliphatic rings. The van der Waals surface area contributed by atoms with E-state index in [9.17, 15) is 10.1 Å². The maximum absolute atomic E-state index is 11.1. The van der Waals surface area contributed by atoms with Crippen LogP contribution in [0.1, 0.15) is 25.7 Å². The van der Waals surface area contributed by atoms with Gasteiger partial charge in [-0.3, -0.25) is 15.1 Å². The second kappa shape index (κ2) is 5.65. The summed E-state index contributed by atoms with van der Waals surface area (Å²) >= 11 is 0. The van der Waals surface area contributed by atoms with Crippen LogP contribution in [0.5, 0.6) is 5.75 Å². The van der Waals surface area contributed by atoms with E-state index in [4.69, 9.17) is 10.5 Å². The first-order chi connectivity index (χ1) is 10.1. The molecule has 2 aromatic rings.